The molecule has 0 radical (unpaired) electrons. The monoisotopic (exact) mass is 285 g/mol. The largest absolute Gasteiger partial charge is 0.325 e. The zero-order chi connectivity index (χ0) is 14.4. The number of carbonyl (C=O) groups is 1. The van der Waals surface area contributed by atoms with Crippen molar-refractivity contribution in [2.24, 2.45) is 0 Å². The Balaban J connectivity index is 2.01. The summed E-state index contributed by atoms with van der Waals surface area (Å²) in [5.41, 5.74) is 3.14. The second-order valence-electron chi connectivity index (χ2n) is 4.71. The van der Waals surface area contributed by atoms with Gasteiger partial charge in [-0.1, -0.05) is 55.5 Å². The number of thiol groups is 1. The van der Waals surface area contributed by atoms with Crippen LogP contribution in [0.5, 0.6) is 0 Å². The highest BCUT2D eigenvalue weighted by atomic mass is 32.1. The molecule has 1 N–H and O–H groups in total. The van der Waals surface area contributed by atoms with Gasteiger partial charge < -0.3 is 5.32 Å². The van der Waals surface area contributed by atoms with Gasteiger partial charge in [-0.2, -0.15) is 12.6 Å². The molecule has 0 aliphatic rings. The molecule has 2 rings (SSSR count). The van der Waals surface area contributed by atoms with Crippen LogP contribution >= 0.6 is 12.6 Å². The lowest BCUT2D eigenvalue weighted by atomic mass is 10.1. The van der Waals surface area contributed by atoms with Crippen LogP contribution in [-0.2, 0) is 17.6 Å². The van der Waals surface area contributed by atoms with Gasteiger partial charge in [0.1, 0.15) is 0 Å². The van der Waals surface area contributed by atoms with E-state index in [0.29, 0.717) is 6.42 Å². The van der Waals surface area contributed by atoms with Crippen LogP contribution in [0.3, 0.4) is 0 Å². The topological polar surface area (TPSA) is 29.1 Å². The molecule has 0 saturated heterocycles. The van der Waals surface area contributed by atoms with Gasteiger partial charge in [0.25, 0.3) is 0 Å². The minimum atomic E-state index is -0.345. The van der Waals surface area contributed by atoms with Crippen LogP contribution in [0, 0.1) is 0 Å². The fourth-order valence-corrected chi connectivity index (χ4v) is 2.37. The van der Waals surface area contributed by atoms with Crippen molar-refractivity contribution in [2.45, 2.75) is 25.0 Å². The van der Waals surface area contributed by atoms with E-state index in [9.17, 15) is 4.79 Å². The molecule has 2 aromatic rings. The molecule has 3 heteroatoms. The number of benzene rings is 2. The normalized spacial score (nSPS) is 11.9. The molecule has 0 fully saturated rings. The number of carbonyl (C=O) groups excluding carboxylic acids is 1. The Labute approximate surface area is 125 Å². The maximum atomic E-state index is 12.2. The van der Waals surface area contributed by atoms with Crippen molar-refractivity contribution in [3.8, 4) is 0 Å². The summed E-state index contributed by atoms with van der Waals surface area (Å²) in [7, 11) is 0. The number of rotatable bonds is 5. The maximum absolute atomic E-state index is 12.2. The quantitative estimate of drug-likeness (QED) is 0.805. The van der Waals surface area contributed by atoms with Crippen LogP contribution in [0.4, 0.5) is 5.69 Å². The van der Waals surface area contributed by atoms with Gasteiger partial charge in [0.2, 0.25) is 5.91 Å². The lowest BCUT2D eigenvalue weighted by Gasteiger charge is -2.14. The number of hydrogen-bond acceptors (Lipinski definition) is 2. The van der Waals surface area contributed by atoms with Crippen LogP contribution in [0.15, 0.2) is 54.6 Å². The van der Waals surface area contributed by atoms with Crippen molar-refractivity contribution in [3.63, 3.8) is 0 Å². The molecular weight excluding hydrogens is 266 g/mol. The molecule has 0 saturated carbocycles. The third-order valence-corrected chi connectivity index (χ3v) is 3.65. The molecule has 0 heterocycles. The first-order chi connectivity index (χ1) is 9.70. The average Bonchev–Trinajstić information content (AvgIpc) is 2.48. The first-order valence-electron chi connectivity index (χ1n) is 6.81. The predicted octanol–water partition coefficient (Wildman–Crippen LogP) is 3.73. The molecule has 0 aromatic heterocycles. The Hall–Kier alpha value is -1.74. The van der Waals surface area contributed by atoms with E-state index in [1.807, 2.05) is 54.6 Å². The predicted molar refractivity (Wildman–Crippen MR) is 87.4 cm³/mol. The molecule has 2 aromatic carbocycles. The summed E-state index contributed by atoms with van der Waals surface area (Å²) >= 11 is 4.42. The van der Waals surface area contributed by atoms with E-state index < -0.39 is 0 Å². The SMILES string of the molecule is CCc1ccccc1NC(=O)C(S)Cc1ccccc1. The standard InChI is InChI=1S/C17H19NOS/c1-2-14-10-6-7-11-15(14)18-17(19)16(20)12-13-8-4-3-5-9-13/h3-11,16,20H,2,12H2,1H3,(H,18,19). The zero-order valence-corrected chi connectivity index (χ0v) is 12.4. The van der Waals surface area contributed by atoms with Crippen molar-refractivity contribution in [1.82, 2.24) is 0 Å². The summed E-state index contributed by atoms with van der Waals surface area (Å²) in [5.74, 6) is -0.0573. The zero-order valence-electron chi connectivity index (χ0n) is 11.5. The number of para-hydroxylation sites is 1. The van der Waals surface area contributed by atoms with E-state index in [-0.39, 0.29) is 11.2 Å². The third-order valence-electron chi connectivity index (χ3n) is 3.23. The lowest BCUT2D eigenvalue weighted by Crippen LogP contribution is -2.25. The van der Waals surface area contributed by atoms with E-state index >= 15 is 0 Å². The van der Waals surface area contributed by atoms with Crippen LogP contribution < -0.4 is 5.32 Å². The van der Waals surface area contributed by atoms with E-state index in [4.69, 9.17) is 0 Å². The van der Waals surface area contributed by atoms with Gasteiger partial charge in [0.15, 0.2) is 0 Å². The van der Waals surface area contributed by atoms with Crippen LogP contribution in [0.2, 0.25) is 0 Å². The Kier molecular flexibility index (Phi) is 5.24. The number of hydrogen-bond donors (Lipinski definition) is 2. The van der Waals surface area contributed by atoms with E-state index in [1.165, 1.54) is 0 Å². The summed E-state index contributed by atoms with van der Waals surface area (Å²) in [6.45, 7) is 2.08. The first kappa shape index (κ1) is 14.7. The molecular formula is C17H19NOS. The lowest BCUT2D eigenvalue weighted by molar-refractivity contribution is -0.115. The second kappa shape index (κ2) is 7.15. The highest BCUT2D eigenvalue weighted by Crippen LogP contribution is 2.17. The van der Waals surface area contributed by atoms with Crippen molar-refractivity contribution in [2.75, 3.05) is 5.32 Å². The minimum absolute atomic E-state index is 0.0573. The summed E-state index contributed by atoms with van der Waals surface area (Å²) in [5, 5.41) is 2.62. The Morgan fingerprint density at radius 2 is 1.75 bits per heavy atom. The van der Waals surface area contributed by atoms with Crippen LogP contribution in [-0.4, -0.2) is 11.2 Å². The molecule has 1 atom stereocenters. The molecule has 1 amide bonds. The smallest absolute Gasteiger partial charge is 0.237 e. The van der Waals surface area contributed by atoms with Gasteiger partial charge in [-0.3, -0.25) is 4.79 Å². The maximum Gasteiger partial charge on any atom is 0.237 e. The van der Waals surface area contributed by atoms with E-state index in [0.717, 1.165) is 23.2 Å². The second-order valence-corrected chi connectivity index (χ2v) is 5.33. The third kappa shape index (κ3) is 3.87. The number of nitrogens with one attached hydrogen (secondary N) is 1. The van der Waals surface area contributed by atoms with Crippen molar-refractivity contribution in [3.05, 3.63) is 65.7 Å². The van der Waals surface area contributed by atoms with Crippen molar-refractivity contribution >= 4 is 24.2 Å². The molecule has 20 heavy (non-hydrogen) atoms. The molecule has 0 bridgehead atoms. The molecule has 0 aliphatic heterocycles. The molecule has 104 valence electrons. The van der Waals surface area contributed by atoms with E-state index in [2.05, 4.69) is 24.9 Å². The van der Waals surface area contributed by atoms with Gasteiger partial charge in [0, 0.05) is 5.69 Å². The number of amides is 1. The van der Waals surface area contributed by atoms with Crippen LogP contribution in [0.1, 0.15) is 18.1 Å². The molecule has 2 nitrogen and oxygen atoms in total. The summed E-state index contributed by atoms with van der Waals surface area (Å²) in [4.78, 5) is 12.2. The van der Waals surface area contributed by atoms with Crippen molar-refractivity contribution in [1.29, 1.82) is 0 Å². The molecule has 0 spiro atoms. The molecule has 0 aliphatic carbocycles. The first-order valence-corrected chi connectivity index (χ1v) is 7.33. The Bertz CT molecular complexity index is 568. The minimum Gasteiger partial charge on any atom is -0.325 e. The average molecular weight is 285 g/mol. The van der Waals surface area contributed by atoms with Gasteiger partial charge in [-0.25, -0.2) is 0 Å². The fraction of sp³-hybridized carbons (Fsp3) is 0.235. The highest BCUT2D eigenvalue weighted by Gasteiger charge is 2.15. The van der Waals surface area contributed by atoms with Gasteiger partial charge in [-0.15, -0.1) is 0 Å². The highest BCUT2D eigenvalue weighted by molar-refractivity contribution is 7.81. The molecule has 1 unspecified atom stereocenters. The van der Waals surface area contributed by atoms with Crippen molar-refractivity contribution < 1.29 is 4.79 Å². The van der Waals surface area contributed by atoms with Crippen LogP contribution in [0.25, 0.3) is 0 Å². The summed E-state index contributed by atoms with van der Waals surface area (Å²) < 4.78 is 0. The van der Waals surface area contributed by atoms with E-state index in [1.54, 1.807) is 0 Å². The fourth-order valence-electron chi connectivity index (χ4n) is 2.10. The Morgan fingerprint density at radius 3 is 2.45 bits per heavy atom. The Morgan fingerprint density at radius 1 is 1.10 bits per heavy atom. The van der Waals surface area contributed by atoms with Gasteiger partial charge in [0.05, 0.1) is 5.25 Å². The summed E-state index contributed by atoms with van der Waals surface area (Å²) in [6, 6.07) is 17.8. The summed E-state index contributed by atoms with van der Waals surface area (Å²) in [6.07, 6.45) is 1.52. The van der Waals surface area contributed by atoms with Gasteiger partial charge in [-0.05, 0) is 30.0 Å². The van der Waals surface area contributed by atoms with Gasteiger partial charge >= 0.3 is 0 Å². The number of aryl methyl sites for hydroxylation is 1. The number of anilines is 1.